The first-order valence-electron chi connectivity index (χ1n) is 7.31. The fourth-order valence-corrected chi connectivity index (χ4v) is 3.33. The van der Waals surface area contributed by atoms with Crippen molar-refractivity contribution in [3.63, 3.8) is 0 Å². The lowest BCUT2D eigenvalue weighted by atomic mass is 10.1. The first-order valence-corrected chi connectivity index (χ1v) is 8.15. The molecule has 1 aromatic heterocycles. The largest absolute Gasteiger partial charge is 0.336 e. The molecule has 0 spiro atoms. The number of aryl methyl sites for hydroxylation is 1. The minimum atomic E-state index is -0.166. The summed E-state index contributed by atoms with van der Waals surface area (Å²) in [5, 5.41) is 1.81. The Bertz CT molecular complexity index is 665. The van der Waals surface area contributed by atoms with Crippen LogP contribution < -0.4 is 0 Å². The zero-order chi connectivity index (χ0) is 15.5. The maximum absolute atomic E-state index is 13.7. The molecule has 1 aliphatic heterocycles. The number of aromatic nitrogens is 1. The van der Waals surface area contributed by atoms with Gasteiger partial charge in [-0.15, -0.1) is 0 Å². The normalized spacial score (nSPS) is 16.0. The lowest BCUT2D eigenvalue weighted by Gasteiger charge is -2.34. The van der Waals surface area contributed by atoms with Gasteiger partial charge in [0.1, 0.15) is 5.82 Å². The summed E-state index contributed by atoms with van der Waals surface area (Å²) in [6.45, 7) is 5.31. The predicted molar refractivity (Wildman–Crippen MR) is 84.4 cm³/mol. The molecule has 4 nitrogen and oxygen atoms in total. The van der Waals surface area contributed by atoms with Gasteiger partial charge in [0.2, 0.25) is 0 Å². The molecule has 1 fully saturated rings. The highest BCUT2D eigenvalue weighted by Gasteiger charge is 2.24. The Morgan fingerprint density at radius 1 is 1.27 bits per heavy atom. The van der Waals surface area contributed by atoms with E-state index >= 15 is 0 Å². The number of hydrogen-bond donors (Lipinski definition) is 0. The molecular weight excluding hydrogens is 301 g/mol. The van der Waals surface area contributed by atoms with E-state index in [9.17, 15) is 9.18 Å². The topological polar surface area (TPSA) is 36.4 Å². The fraction of sp³-hybridized carbons (Fsp3) is 0.375. The molecule has 6 heteroatoms. The number of hydrogen-bond acceptors (Lipinski definition) is 4. The number of benzene rings is 1. The Balaban J connectivity index is 1.58. The van der Waals surface area contributed by atoms with Gasteiger partial charge in [-0.1, -0.05) is 18.2 Å². The van der Waals surface area contributed by atoms with Gasteiger partial charge in [0.15, 0.2) is 0 Å². The lowest BCUT2D eigenvalue weighted by Crippen LogP contribution is -2.48. The van der Waals surface area contributed by atoms with E-state index in [0.717, 1.165) is 18.8 Å². The highest BCUT2D eigenvalue weighted by Crippen LogP contribution is 2.16. The van der Waals surface area contributed by atoms with Crippen LogP contribution in [0.1, 0.15) is 21.6 Å². The van der Waals surface area contributed by atoms with Gasteiger partial charge in [-0.2, -0.15) is 4.37 Å². The van der Waals surface area contributed by atoms with Crippen LogP contribution in [0.25, 0.3) is 0 Å². The summed E-state index contributed by atoms with van der Waals surface area (Å²) in [7, 11) is 0. The maximum Gasteiger partial charge on any atom is 0.256 e. The summed E-state index contributed by atoms with van der Waals surface area (Å²) in [6, 6.07) is 6.85. The molecule has 0 saturated carbocycles. The smallest absolute Gasteiger partial charge is 0.256 e. The van der Waals surface area contributed by atoms with E-state index in [2.05, 4.69) is 9.27 Å². The van der Waals surface area contributed by atoms with Crippen molar-refractivity contribution >= 4 is 17.4 Å². The van der Waals surface area contributed by atoms with Gasteiger partial charge in [-0.3, -0.25) is 9.69 Å². The van der Waals surface area contributed by atoms with Crippen LogP contribution in [0, 0.1) is 12.7 Å². The number of halogens is 1. The molecule has 22 heavy (non-hydrogen) atoms. The molecule has 0 bridgehead atoms. The third kappa shape index (κ3) is 3.18. The van der Waals surface area contributed by atoms with Crippen molar-refractivity contribution in [1.29, 1.82) is 0 Å². The number of rotatable bonds is 3. The summed E-state index contributed by atoms with van der Waals surface area (Å²) < 4.78 is 17.8. The Morgan fingerprint density at radius 3 is 2.64 bits per heavy atom. The van der Waals surface area contributed by atoms with Crippen LogP contribution in [0.3, 0.4) is 0 Å². The zero-order valence-corrected chi connectivity index (χ0v) is 13.3. The third-order valence-electron chi connectivity index (χ3n) is 3.99. The molecule has 1 saturated heterocycles. The molecule has 0 unspecified atom stereocenters. The predicted octanol–water partition coefficient (Wildman–Crippen LogP) is 2.55. The van der Waals surface area contributed by atoms with Crippen molar-refractivity contribution < 1.29 is 9.18 Å². The number of nitrogens with zero attached hydrogens (tertiary/aromatic N) is 3. The van der Waals surface area contributed by atoms with E-state index < -0.39 is 0 Å². The molecule has 1 aliphatic rings. The molecule has 0 atom stereocenters. The van der Waals surface area contributed by atoms with E-state index in [-0.39, 0.29) is 11.7 Å². The average Bonchev–Trinajstić information content (AvgIpc) is 2.96. The van der Waals surface area contributed by atoms with Crippen LogP contribution in [-0.4, -0.2) is 46.3 Å². The van der Waals surface area contributed by atoms with Crippen molar-refractivity contribution in [2.24, 2.45) is 0 Å². The van der Waals surface area contributed by atoms with Gasteiger partial charge in [0.05, 0.1) is 11.3 Å². The molecule has 116 valence electrons. The van der Waals surface area contributed by atoms with E-state index in [1.165, 1.54) is 17.6 Å². The number of carbonyl (C=O) groups is 1. The summed E-state index contributed by atoms with van der Waals surface area (Å²) >= 11 is 1.31. The SMILES string of the molecule is Cc1nscc1C(=O)N1CCN(Cc2ccccc2F)CC1. The minimum absolute atomic E-state index is 0.0526. The Labute approximate surface area is 133 Å². The second-order valence-corrected chi connectivity index (χ2v) is 6.10. The summed E-state index contributed by atoms with van der Waals surface area (Å²) in [4.78, 5) is 16.5. The van der Waals surface area contributed by atoms with Gasteiger partial charge in [-0.25, -0.2) is 4.39 Å². The van der Waals surface area contributed by atoms with E-state index in [4.69, 9.17) is 0 Å². The van der Waals surface area contributed by atoms with Crippen LogP contribution >= 0.6 is 11.5 Å². The van der Waals surface area contributed by atoms with Gasteiger partial charge in [-0.05, 0) is 24.5 Å². The minimum Gasteiger partial charge on any atom is -0.336 e. The second kappa shape index (κ2) is 6.54. The first-order chi connectivity index (χ1) is 10.6. The molecule has 2 heterocycles. The fourth-order valence-electron chi connectivity index (χ4n) is 2.64. The third-order valence-corrected chi connectivity index (χ3v) is 4.71. The van der Waals surface area contributed by atoms with Crippen molar-refractivity contribution in [1.82, 2.24) is 14.2 Å². The molecule has 1 aromatic carbocycles. The molecule has 0 N–H and O–H groups in total. The van der Waals surface area contributed by atoms with E-state index in [1.807, 2.05) is 29.3 Å². The zero-order valence-electron chi connectivity index (χ0n) is 12.5. The van der Waals surface area contributed by atoms with Crippen LogP contribution in [0.2, 0.25) is 0 Å². The molecule has 3 rings (SSSR count). The highest BCUT2D eigenvalue weighted by molar-refractivity contribution is 7.03. The quantitative estimate of drug-likeness (QED) is 0.872. The van der Waals surface area contributed by atoms with Gasteiger partial charge < -0.3 is 4.90 Å². The Kier molecular flexibility index (Phi) is 4.49. The Morgan fingerprint density at radius 2 is 2.00 bits per heavy atom. The molecule has 0 aliphatic carbocycles. The van der Waals surface area contributed by atoms with Crippen LogP contribution in [-0.2, 0) is 6.54 Å². The monoisotopic (exact) mass is 319 g/mol. The number of carbonyl (C=O) groups excluding carboxylic acids is 1. The lowest BCUT2D eigenvalue weighted by molar-refractivity contribution is 0.0626. The first kappa shape index (κ1) is 15.1. The molecular formula is C16H18FN3OS. The average molecular weight is 319 g/mol. The van der Waals surface area contributed by atoms with Crippen molar-refractivity contribution in [2.45, 2.75) is 13.5 Å². The summed E-state index contributed by atoms with van der Waals surface area (Å²) in [6.07, 6.45) is 0. The highest BCUT2D eigenvalue weighted by atomic mass is 32.1. The van der Waals surface area contributed by atoms with Gasteiger partial charge in [0, 0.05) is 43.7 Å². The van der Waals surface area contributed by atoms with Crippen LogP contribution in [0.5, 0.6) is 0 Å². The van der Waals surface area contributed by atoms with Crippen molar-refractivity contribution in [3.8, 4) is 0 Å². The van der Waals surface area contributed by atoms with Crippen molar-refractivity contribution in [2.75, 3.05) is 26.2 Å². The summed E-state index contributed by atoms with van der Waals surface area (Å²) in [5.74, 6) is -0.113. The van der Waals surface area contributed by atoms with Gasteiger partial charge in [0.25, 0.3) is 5.91 Å². The molecule has 2 aromatic rings. The van der Waals surface area contributed by atoms with Crippen LogP contribution in [0.15, 0.2) is 29.6 Å². The van der Waals surface area contributed by atoms with Crippen LogP contribution in [0.4, 0.5) is 4.39 Å². The Hall–Kier alpha value is -1.79. The van der Waals surface area contributed by atoms with E-state index in [0.29, 0.717) is 30.8 Å². The number of amides is 1. The van der Waals surface area contributed by atoms with E-state index in [1.54, 1.807) is 6.07 Å². The maximum atomic E-state index is 13.7. The second-order valence-electron chi connectivity index (χ2n) is 5.47. The molecule has 0 radical (unpaired) electrons. The van der Waals surface area contributed by atoms with Gasteiger partial charge >= 0.3 is 0 Å². The standard InChI is InChI=1S/C16H18FN3OS/c1-12-14(11-22-18-12)16(21)20-8-6-19(7-9-20)10-13-4-2-3-5-15(13)17/h2-5,11H,6-10H2,1H3. The molecule has 1 amide bonds. The van der Waals surface area contributed by atoms with Crippen molar-refractivity contribution in [3.05, 3.63) is 52.3 Å². The summed E-state index contributed by atoms with van der Waals surface area (Å²) in [5.41, 5.74) is 2.21. The number of piperazine rings is 1.